The number of halogens is 5. The second-order valence-corrected chi connectivity index (χ2v) is 29.6. The van der Waals surface area contributed by atoms with Crippen molar-refractivity contribution < 1.29 is 79.4 Å². The molecular weight excluding hydrogens is 1270 g/mol. The fraction of sp³-hybridized carbons (Fsp3) is 0.841. The molecule has 28 heteroatoms. The van der Waals surface area contributed by atoms with E-state index in [-0.39, 0.29) is 82.3 Å². The van der Waals surface area contributed by atoms with Gasteiger partial charge in [0.2, 0.25) is 65.0 Å². The van der Waals surface area contributed by atoms with Crippen LogP contribution in [0.15, 0.2) is 0 Å². The van der Waals surface area contributed by atoms with Crippen LogP contribution in [0, 0.1) is 35.5 Å². The Hall–Kier alpha value is -6.22. The number of rotatable bonds is 12. The minimum absolute atomic E-state index is 0.0102. The fourth-order valence-electron chi connectivity index (χ4n) is 15.6. The van der Waals surface area contributed by atoms with Crippen LogP contribution in [0.4, 0.5) is 22.0 Å². The van der Waals surface area contributed by atoms with Crippen molar-refractivity contribution in [1.82, 2.24) is 55.1 Å². The average molecular weight is 1380 g/mol. The largest absolute Gasteiger partial charge is 0.397 e. The molecule has 2 heterocycles. The maximum absolute atomic E-state index is 15.5. The zero-order valence-corrected chi connectivity index (χ0v) is 59.7. The van der Waals surface area contributed by atoms with Crippen LogP contribution in [0.2, 0.25) is 0 Å². The number of carbonyl (C=O) groups is 11. The topological polar surface area (TPSA) is 259 Å². The Bertz CT molecular complexity index is 2750. The van der Waals surface area contributed by atoms with Gasteiger partial charge in [-0.05, 0) is 108 Å². The molecule has 6 aliphatic rings. The van der Waals surface area contributed by atoms with Crippen molar-refractivity contribution in [2.75, 3.05) is 82.1 Å². The van der Waals surface area contributed by atoms with Crippen LogP contribution in [0.3, 0.4) is 0 Å². The quantitative estimate of drug-likeness (QED) is 0.196. The van der Waals surface area contributed by atoms with Crippen molar-refractivity contribution >= 4 is 65.0 Å². The van der Waals surface area contributed by atoms with Crippen LogP contribution in [0.5, 0.6) is 0 Å². The van der Waals surface area contributed by atoms with Crippen LogP contribution < -0.4 is 16.0 Å². The van der Waals surface area contributed by atoms with Gasteiger partial charge in [0, 0.05) is 81.4 Å². The molecule has 0 aromatic heterocycles. The van der Waals surface area contributed by atoms with Gasteiger partial charge in [-0.3, -0.25) is 52.7 Å². The van der Waals surface area contributed by atoms with Gasteiger partial charge in [-0.15, -0.1) is 0 Å². The van der Waals surface area contributed by atoms with E-state index < -0.39 is 188 Å². The van der Waals surface area contributed by atoms with E-state index in [0.29, 0.717) is 32.1 Å². The van der Waals surface area contributed by atoms with E-state index in [9.17, 15) is 46.7 Å². The van der Waals surface area contributed by atoms with Crippen LogP contribution in [-0.4, -0.2) is 259 Å². The molecule has 4 saturated carbocycles. The second-order valence-electron chi connectivity index (χ2n) is 29.6. The first kappa shape index (κ1) is 79.8. The van der Waals surface area contributed by atoms with E-state index in [4.69, 9.17) is 4.74 Å². The Morgan fingerprint density at radius 1 is 0.598 bits per heavy atom. The van der Waals surface area contributed by atoms with Gasteiger partial charge >= 0.3 is 6.18 Å². The number of nitrogens with zero attached hydrogens (tertiary/aromatic N) is 8. The lowest BCUT2D eigenvalue weighted by Gasteiger charge is -2.41. The van der Waals surface area contributed by atoms with E-state index >= 15 is 28.0 Å². The average Bonchev–Trinajstić information content (AvgIpc) is 1.72. The molecule has 97 heavy (non-hydrogen) atoms. The number of carbonyl (C=O) groups excluding carboxylic acids is 11. The molecule has 11 atom stereocenters. The number of fused-ring (bicyclic) bond motifs is 1. The molecule has 6 fully saturated rings. The lowest BCUT2D eigenvalue weighted by atomic mass is 9.76. The minimum atomic E-state index is -5.15. The van der Waals surface area contributed by atoms with Gasteiger partial charge in [0.05, 0.1) is 25.7 Å². The molecule has 6 rings (SSSR count). The third kappa shape index (κ3) is 20.3. The summed E-state index contributed by atoms with van der Waals surface area (Å²) in [4.78, 5) is 172. The first-order valence-electron chi connectivity index (χ1n) is 35.5. The van der Waals surface area contributed by atoms with Gasteiger partial charge in [0.15, 0.2) is 0 Å². The molecule has 11 amide bonds. The van der Waals surface area contributed by atoms with E-state index in [2.05, 4.69) is 16.0 Å². The molecule has 0 bridgehead atoms. The Labute approximate surface area is 570 Å². The zero-order valence-electron chi connectivity index (χ0n) is 59.7. The molecule has 2 unspecified atom stereocenters. The summed E-state index contributed by atoms with van der Waals surface area (Å²) < 4.78 is 78.3. The summed E-state index contributed by atoms with van der Waals surface area (Å²) in [5.41, 5.74) is -1.58. The zero-order chi connectivity index (χ0) is 72.1. The van der Waals surface area contributed by atoms with Crippen LogP contribution in [-0.2, 0) is 57.5 Å². The van der Waals surface area contributed by atoms with E-state index in [1.807, 2.05) is 20.8 Å². The minimum Gasteiger partial charge on any atom is -0.377 e. The van der Waals surface area contributed by atoms with Crippen molar-refractivity contribution in [3.05, 3.63) is 0 Å². The highest BCUT2D eigenvalue weighted by Gasteiger charge is 2.55. The van der Waals surface area contributed by atoms with E-state index in [1.165, 1.54) is 66.8 Å². The number of ether oxygens (including phenoxy) is 1. The maximum Gasteiger partial charge on any atom is 0.397 e. The summed E-state index contributed by atoms with van der Waals surface area (Å²) in [6, 6.07) is -8.14. The molecule has 0 aromatic rings. The van der Waals surface area contributed by atoms with E-state index in [0.717, 1.165) is 59.6 Å². The van der Waals surface area contributed by atoms with Gasteiger partial charge in [-0.1, -0.05) is 91.9 Å². The highest BCUT2D eigenvalue weighted by Crippen LogP contribution is 2.45. The van der Waals surface area contributed by atoms with Gasteiger partial charge in [-0.2, -0.15) is 13.2 Å². The summed E-state index contributed by atoms with van der Waals surface area (Å²) in [6.45, 7) is 8.99. The molecule has 0 aromatic carbocycles. The summed E-state index contributed by atoms with van der Waals surface area (Å²) in [5, 5.41) is 8.64. The van der Waals surface area contributed by atoms with Crippen LogP contribution >= 0.6 is 0 Å². The lowest BCUT2D eigenvalue weighted by molar-refractivity contribution is -0.219. The van der Waals surface area contributed by atoms with E-state index in [1.54, 1.807) is 27.8 Å². The number of hydrogen-bond acceptors (Lipinski definition) is 12. The first-order valence-corrected chi connectivity index (χ1v) is 35.5. The van der Waals surface area contributed by atoms with Crippen LogP contribution in [0.1, 0.15) is 183 Å². The number of amides is 11. The Balaban J connectivity index is 1.40. The fourth-order valence-corrected chi connectivity index (χ4v) is 15.6. The monoisotopic (exact) mass is 1380 g/mol. The van der Waals surface area contributed by atoms with Crippen molar-refractivity contribution in [2.24, 2.45) is 35.5 Å². The first-order chi connectivity index (χ1) is 45.5. The molecule has 3 N–H and O–H groups in total. The highest BCUT2D eigenvalue weighted by molar-refractivity contribution is 5.99. The molecule has 0 radical (unpaired) electrons. The van der Waals surface area contributed by atoms with Crippen molar-refractivity contribution in [1.29, 1.82) is 0 Å². The van der Waals surface area contributed by atoms with Crippen LogP contribution in [0.25, 0.3) is 0 Å². The molecule has 2 aliphatic heterocycles. The van der Waals surface area contributed by atoms with Gasteiger partial charge in [0.1, 0.15) is 60.1 Å². The van der Waals surface area contributed by atoms with Crippen molar-refractivity contribution in [3.8, 4) is 0 Å². The van der Waals surface area contributed by atoms with Crippen molar-refractivity contribution in [2.45, 2.75) is 255 Å². The second kappa shape index (κ2) is 35.2. The Morgan fingerprint density at radius 2 is 1.18 bits per heavy atom. The molecule has 4 aliphatic carbocycles. The molecule has 1 spiro atoms. The SMILES string of the molecule is CCO[C@@H]1C[C@H]2C(=O)NC3(CCCC3)C(=O)N(C)[C@@H](C3CCCC3)C(=O)N(C)[C@H](C)CC(=O)N(C)[C@@H](CC(C)C)C(=O)N[C@@H]([C@@H](C)CC)C(=O)N(C)CC(=O)N(C)CC(=O)N(C)[C@@H](CC3CCCCC3)C(=O)N(C)CC(=O)N[C@@H](CCC3CC(F)C(C(F)(F)F)C(F)C3)C(=O)N2C1. The highest BCUT2D eigenvalue weighted by atomic mass is 19.4. The third-order valence-electron chi connectivity index (χ3n) is 21.9. The molecular formula is C69H112F5N11O12. The Morgan fingerprint density at radius 3 is 1.75 bits per heavy atom. The normalized spacial score (nSPS) is 31.2. The van der Waals surface area contributed by atoms with Gasteiger partial charge < -0.3 is 59.9 Å². The Kier molecular flexibility index (Phi) is 28.9. The number of alkyl halides is 5. The smallest absolute Gasteiger partial charge is 0.377 e. The molecule has 2 saturated heterocycles. The predicted molar refractivity (Wildman–Crippen MR) is 352 cm³/mol. The number of likely N-dealkylation sites (N-methyl/N-ethyl adjacent to an activating group) is 7. The summed E-state index contributed by atoms with van der Waals surface area (Å²) in [5.74, 6) is -11.9. The van der Waals surface area contributed by atoms with Crippen molar-refractivity contribution in [3.63, 3.8) is 0 Å². The summed E-state index contributed by atoms with van der Waals surface area (Å²) >= 11 is 0. The van der Waals surface area contributed by atoms with Gasteiger partial charge in [0.25, 0.3) is 0 Å². The maximum atomic E-state index is 15.5. The molecule has 550 valence electrons. The number of hydrogen-bond donors (Lipinski definition) is 3. The lowest BCUT2D eigenvalue weighted by Crippen LogP contribution is -2.64. The predicted octanol–water partition coefficient (Wildman–Crippen LogP) is 5.80. The summed E-state index contributed by atoms with van der Waals surface area (Å²) in [6.07, 6.45) is -4.21. The summed E-state index contributed by atoms with van der Waals surface area (Å²) in [7, 11) is 10.1. The molecule has 23 nitrogen and oxygen atoms in total. The standard InChI is InChI=1S/C69H112F5N11O12/c1-14-42(5)59-65(94)80(9)39-56(88)78(7)40-57(89)83(12)53(35-44-23-17-16-18-24-44)64(93)79(8)38-54(86)75-50(28-27-45-33-48(70)58(49(71)34-45)69(72,73)74)63(92)85-37-47(97-15-2)36-52(85)62(91)77-68(29-21-22-30-68)67(96)84(13)60(46-25-19-20-26-46)66(95)81(10)43(6)32-55(87)82(11)51(31-41(3)4)61(90)76-59/h41-53,58-60H,14-40H2,1-13H3,(H,75,86)(H,76,90)(H,77,91)/t42-,43+,45?,47+,48?,49?,50-,51-,52-,53-,58?,59-,60-/m0/s1. The van der Waals surface area contributed by atoms with Gasteiger partial charge in [-0.25, -0.2) is 8.78 Å². The third-order valence-corrected chi connectivity index (χ3v) is 21.9. The number of nitrogens with one attached hydrogen (secondary N) is 3.